The number of nitrogens with one attached hydrogen (secondary N) is 2. The summed E-state index contributed by atoms with van der Waals surface area (Å²) >= 11 is 1.54. The van der Waals surface area contributed by atoms with Gasteiger partial charge in [0.1, 0.15) is 6.04 Å². The van der Waals surface area contributed by atoms with E-state index in [9.17, 15) is 9.59 Å². The smallest absolute Gasteiger partial charge is 0.262 e. The van der Waals surface area contributed by atoms with E-state index in [-0.39, 0.29) is 11.8 Å². The lowest BCUT2D eigenvalue weighted by atomic mass is 10.1. The second kappa shape index (κ2) is 8.04. The van der Waals surface area contributed by atoms with Crippen LogP contribution in [0.25, 0.3) is 0 Å². The predicted octanol–water partition coefficient (Wildman–Crippen LogP) is 2.52. The number of carbonyl (C=O) groups excluding carboxylic acids is 2. The van der Waals surface area contributed by atoms with Crippen molar-refractivity contribution >= 4 is 23.2 Å². The Labute approximate surface area is 125 Å². The van der Waals surface area contributed by atoms with Crippen molar-refractivity contribution in [2.45, 2.75) is 53.0 Å². The van der Waals surface area contributed by atoms with Crippen molar-refractivity contribution in [3.05, 3.63) is 21.4 Å². The van der Waals surface area contributed by atoms with Gasteiger partial charge >= 0.3 is 0 Å². The summed E-state index contributed by atoms with van der Waals surface area (Å²) in [6.07, 6.45) is 3.02. The molecule has 1 unspecified atom stereocenters. The Balaban J connectivity index is 2.74. The van der Waals surface area contributed by atoms with Crippen LogP contribution in [0.3, 0.4) is 0 Å². The molecule has 0 radical (unpaired) electrons. The quantitative estimate of drug-likeness (QED) is 0.812. The summed E-state index contributed by atoms with van der Waals surface area (Å²) in [5, 5.41) is 5.45. The summed E-state index contributed by atoms with van der Waals surface area (Å²) in [6, 6.07) is 1.44. The molecule has 0 fully saturated rings. The number of amides is 2. The Kier molecular flexibility index (Phi) is 6.71. The number of thiophene rings is 1. The van der Waals surface area contributed by atoms with Crippen LogP contribution < -0.4 is 10.6 Å². The Morgan fingerprint density at radius 1 is 1.30 bits per heavy atom. The first-order chi connectivity index (χ1) is 9.53. The minimum absolute atomic E-state index is 0.151. The van der Waals surface area contributed by atoms with E-state index in [1.54, 1.807) is 18.3 Å². The lowest BCUT2D eigenvalue weighted by Gasteiger charge is -2.12. The number of rotatable bonds is 7. The fourth-order valence-corrected chi connectivity index (χ4v) is 3.24. The molecule has 0 aliphatic carbocycles. The molecule has 2 amide bonds. The average Bonchev–Trinajstić information content (AvgIpc) is 2.82. The standard InChI is InChI=1S/C15H24N2O2S/c1-5-8-12-11(6-2)9-13(20-12)15(19)17-10(4)14(18)16-7-3/h9-10H,5-8H2,1-4H3,(H,16,18)(H,17,19). The third kappa shape index (κ3) is 4.34. The van der Waals surface area contributed by atoms with Crippen LogP contribution in [0.4, 0.5) is 0 Å². The van der Waals surface area contributed by atoms with Gasteiger partial charge in [-0.05, 0) is 38.3 Å². The van der Waals surface area contributed by atoms with E-state index in [4.69, 9.17) is 0 Å². The Bertz CT molecular complexity index is 468. The van der Waals surface area contributed by atoms with E-state index >= 15 is 0 Å². The van der Waals surface area contributed by atoms with Crippen molar-refractivity contribution in [2.75, 3.05) is 6.54 Å². The highest BCUT2D eigenvalue weighted by Gasteiger charge is 2.18. The number of likely N-dealkylation sites (N-methyl/N-ethyl adjacent to an activating group) is 1. The molecule has 1 atom stereocenters. The van der Waals surface area contributed by atoms with Gasteiger partial charge in [-0.1, -0.05) is 20.3 Å². The lowest BCUT2D eigenvalue weighted by Crippen LogP contribution is -2.44. The third-order valence-electron chi connectivity index (χ3n) is 3.07. The van der Waals surface area contributed by atoms with Gasteiger partial charge in [-0.25, -0.2) is 0 Å². The van der Waals surface area contributed by atoms with Crippen molar-refractivity contribution < 1.29 is 9.59 Å². The molecule has 0 saturated heterocycles. The van der Waals surface area contributed by atoms with E-state index in [2.05, 4.69) is 24.5 Å². The van der Waals surface area contributed by atoms with Crippen LogP contribution in [0.1, 0.15) is 54.2 Å². The minimum Gasteiger partial charge on any atom is -0.355 e. The zero-order valence-corrected chi connectivity index (χ0v) is 13.5. The fourth-order valence-electron chi connectivity index (χ4n) is 1.98. The molecule has 0 aliphatic heterocycles. The number of hydrogen-bond donors (Lipinski definition) is 2. The first kappa shape index (κ1) is 16.7. The van der Waals surface area contributed by atoms with Gasteiger partial charge in [0, 0.05) is 11.4 Å². The number of hydrogen-bond acceptors (Lipinski definition) is 3. The molecule has 4 nitrogen and oxygen atoms in total. The van der Waals surface area contributed by atoms with Crippen LogP contribution in [-0.4, -0.2) is 24.4 Å². The third-order valence-corrected chi connectivity index (χ3v) is 4.31. The van der Waals surface area contributed by atoms with Crippen LogP contribution in [0.2, 0.25) is 0 Å². The van der Waals surface area contributed by atoms with Crippen molar-refractivity contribution in [1.29, 1.82) is 0 Å². The summed E-state index contributed by atoms with van der Waals surface area (Å²) in [5.74, 6) is -0.312. The molecule has 0 bridgehead atoms. The molecular formula is C15H24N2O2S. The molecule has 0 saturated carbocycles. The van der Waals surface area contributed by atoms with Gasteiger partial charge in [0.15, 0.2) is 0 Å². The zero-order valence-electron chi connectivity index (χ0n) is 12.7. The van der Waals surface area contributed by atoms with Gasteiger partial charge in [0.25, 0.3) is 5.91 Å². The highest BCUT2D eigenvalue weighted by atomic mass is 32.1. The molecule has 2 N–H and O–H groups in total. The summed E-state index contributed by atoms with van der Waals surface area (Å²) in [7, 11) is 0. The monoisotopic (exact) mass is 296 g/mol. The summed E-state index contributed by atoms with van der Waals surface area (Å²) in [6.45, 7) is 8.36. The SMILES string of the molecule is CCCc1sc(C(=O)NC(C)C(=O)NCC)cc1CC. The van der Waals surface area contributed by atoms with E-state index in [1.807, 2.05) is 13.0 Å². The van der Waals surface area contributed by atoms with Gasteiger partial charge in [0.05, 0.1) is 4.88 Å². The molecule has 112 valence electrons. The van der Waals surface area contributed by atoms with E-state index in [1.165, 1.54) is 10.4 Å². The summed E-state index contributed by atoms with van der Waals surface area (Å²) < 4.78 is 0. The summed E-state index contributed by atoms with van der Waals surface area (Å²) in [4.78, 5) is 25.8. The Morgan fingerprint density at radius 3 is 2.55 bits per heavy atom. The maximum Gasteiger partial charge on any atom is 0.262 e. The van der Waals surface area contributed by atoms with Crippen LogP contribution in [-0.2, 0) is 17.6 Å². The van der Waals surface area contributed by atoms with Crippen molar-refractivity contribution in [1.82, 2.24) is 10.6 Å². The molecule has 20 heavy (non-hydrogen) atoms. The maximum atomic E-state index is 12.2. The van der Waals surface area contributed by atoms with Gasteiger partial charge < -0.3 is 10.6 Å². The fraction of sp³-hybridized carbons (Fsp3) is 0.600. The second-order valence-electron chi connectivity index (χ2n) is 4.75. The number of aryl methyl sites for hydroxylation is 2. The lowest BCUT2D eigenvalue weighted by molar-refractivity contribution is -0.122. The molecule has 1 aromatic rings. The first-order valence-electron chi connectivity index (χ1n) is 7.23. The second-order valence-corrected chi connectivity index (χ2v) is 5.89. The largest absolute Gasteiger partial charge is 0.355 e. The zero-order chi connectivity index (χ0) is 15.1. The first-order valence-corrected chi connectivity index (χ1v) is 8.05. The van der Waals surface area contributed by atoms with Gasteiger partial charge in [-0.15, -0.1) is 11.3 Å². The van der Waals surface area contributed by atoms with E-state index in [0.29, 0.717) is 11.4 Å². The van der Waals surface area contributed by atoms with Crippen molar-refractivity contribution in [2.24, 2.45) is 0 Å². The number of carbonyl (C=O) groups is 2. The van der Waals surface area contributed by atoms with Crippen LogP contribution in [0.5, 0.6) is 0 Å². The van der Waals surface area contributed by atoms with Crippen molar-refractivity contribution in [3.8, 4) is 0 Å². The van der Waals surface area contributed by atoms with Gasteiger partial charge in [0.2, 0.25) is 5.91 Å². The molecule has 0 aromatic carbocycles. The molecular weight excluding hydrogens is 272 g/mol. The Morgan fingerprint density at radius 2 is 2.00 bits per heavy atom. The summed E-state index contributed by atoms with van der Waals surface area (Å²) in [5.41, 5.74) is 1.24. The maximum absolute atomic E-state index is 12.2. The van der Waals surface area contributed by atoms with Crippen LogP contribution in [0, 0.1) is 0 Å². The molecule has 5 heteroatoms. The molecule has 1 aromatic heterocycles. The van der Waals surface area contributed by atoms with Crippen molar-refractivity contribution in [3.63, 3.8) is 0 Å². The van der Waals surface area contributed by atoms with Gasteiger partial charge in [-0.2, -0.15) is 0 Å². The molecule has 1 rings (SSSR count). The normalized spacial score (nSPS) is 12.0. The molecule has 1 heterocycles. The average molecular weight is 296 g/mol. The predicted molar refractivity (Wildman–Crippen MR) is 83.3 cm³/mol. The topological polar surface area (TPSA) is 58.2 Å². The van der Waals surface area contributed by atoms with Gasteiger partial charge in [-0.3, -0.25) is 9.59 Å². The van der Waals surface area contributed by atoms with E-state index < -0.39 is 6.04 Å². The molecule has 0 spiro atoms. The molecule has 0 aliphatic rings. The van der Waals surface area contributed by atoms with Crippen LogP contribution >= 0.6 is 11.3 Å². The highest BCUT2D eigenvalue weighted by Crippen LogP contribution is 2.24. The van der Waals surface area contributed by atoms with Crippen LogP contribution in [0.15, 0.2) is 6.07 Å². The van der Waals surface area contributed by atoms with E-state index in [0.717, 1.165) is 19.3 Å². The highest BCUT2D eigenvalue weighted by molar-refractivity contribution is 7.14. The Hall–Kier alpha value is -1.36. The minimum atomic E-state index is -0.510.